The Balaban J connectivity index is 1.99. The fourth-order valence-electron chi connectivity index (χ4n) is 2.09. The standard InChI is InChI=1S/C13H17ClFNO2/c1-16-4-5-18-13(8-16)12(17)6-9-2-3-10(14)7-11(9)15/h2-3,7,12-13,17H,4-6,8H2,1H3. The molecular weight excluding hydrogens is 257 g/mol. The van der Waals surface area contributed by atoms with Crippen LogP contribution in [-0.4, -0.2) is 49.0 Å². The number of hydrogen-bond donors (Lipinski definition) is 1. The predicted octanol–water partition coefficient (Wildman–Crippen LogP) is 1.71. The Hall–Kier alpha value is -0.680. The predicted molar refractivity (Wildman–Crippen MR) is 68.4 cm³/mol. The smallest absolute Gasteiger partial charge is 0.127 e. The summed E-state index contributed by atoms with van der Waals surface area (Å²) < 4.78 is 19.1. The first kappa shape index (κ1) is 13.7. The van der Waals surface area contributed by atoms with Crippen LogP contribution in [0.25, 0.3) is 0 Å². The molecule has 1 aliphatic rings. The number of aliphatic hydroxyl groups excluding tert-OH is 1. The summed E-state index contributed by atoms with van der Waals surface area (Å²) in [6.07, 6.45) is -0.733. The number of benzene rings is 1. The molecule has 2 unspecified atom stereocenters. The average Bonchev–Trinajstić information content (AvgIpc) is 2.32. The van der Waals surface area contributed by atoms with Crippen LogP contribution in [0.15, 0.2) is 18.2 Å². The number of halogens is 2. The lowest BCUT2D eigenvalue weighted by Gasteiger charge is -2.33. The second-order valence-corrected chi connectivity index (χ2v) is 5.12. The fraction of sp³-hybridized carbons (Fsp3) is 0.538. The number of likely N-dealkylation sites (N-methyl/N-ethyl adjacent to an activating group) is 1. The summed E-state index contributed by atoms with van der Waals surface area (Å²) in [5.41, 5.74) is 0.462. The molecule has 0 aromatic heterocycles. The van der Waals surface area contributed by atoms with Gasteiger partial charge in [0.25, 0.3) is 0 Å². The fourth-order valence-corrected chi connectivity index (χ4v) is 2.25. The lowest BCUT2D eigenvalue weighted by Crippen LogP contribution is -2.46. The van der Waals surface area contributed by atoms with Crippen molar-refractivity contribution in [2.45, 2.75) is 18.6 Å². The lowest BCUT2D eigenvalue weighted by molar-refractivity contribution is -0.0825. The SMILES string of the molecule is CN1CCOC(C(O)Cc2ccc(Cl)cc2F)C1. The molecule has 2 rings (SSSR count). The van der Waals surface area contributed by atoms with Crippen molar-refractivity contribution >= 4 is 11.6 Å². The molecule has 1 fully saturated rings. The molecule has 1 saturated heterocycles. The van der Waals surface area contributed by atoms with Crippen LogP contribution in [0, 0.1) is 5.82 Å². The molecule has 0 bridgehead atoms. The molecule has 0 spiro atoms. The van der Waals surface area contributed by atoms with Crippen LogP contribution in [0.5, 0.6) is 0 Å². The second-order valence-electron chi connectivity index (χ2n) is 4.68. The van der Waals surface area contributed by atoms with Crippen molar-refractivity contribution in [2.24, 2.45) is 0 Å². The van der Waals surface area contributed by atoms with Crippen molar-refractivity contribution in [1.29, 1.82) is 0 Å². The molecule has 1 aromatic carbocycles. The van der Waals surface area contributed by atoms with Crippen LogP contribution in [0.3, 0.4) is 0 Å². The first-order chi connectivity index (χ1) is 8.56. The summed E-state index contributed by atoms with van der Waals surface area (Å²) in [5.74, 6) is -0.384. The first-order valence-electron chi connectivity index (χ1n) is 5.98. The molecule has 5 heteroatoms. The topological polar surface area (TPSA) is 32.7 Å². The maximum absolute atomic E-state index is 13.6. The third-order valence-electron chi connectivity index (χ3n) is 3.17. The summed E-state index contributed by atoms with van der Waals surface area (Å²) in [6, 6.07) is 4.49. The molecular formula is C13H17ClFNO2. The Morgan fingerprint density at radius 3 is 3.06 bits per heavy atom. The number of aliphatic hydroxyl groups is 1. The van der Waals surface area contributed by atoms with E-state index in [-0.39, 0.29) is 18.3 Å². The van der Waals surface area contributed by atoms with Crippen LogP contribution in [-0.2, 0) is 11.2 Å². The van der Waals surface area contributed by atoms with Crippen molar-refractivity contribution in [1.82, 2.24) is 4.90 Å². The molecule has 100 valence electrons. The molecule has 1 aliphatic heterocycles. The molecule has 3 nitrogen and oxygen atoms in total. The Morgan fingerprint density at radius 1 is 1.61 bits per heavy atom. The summed E-state index contributed by atoms with van der Waals surface area (Å²) in [4.78, 5) is 2.09. The van der Waals surface area contributed by atoms with Crippen LogP contribution < -0.4 is 0 Å². The number of morpholine rings is 1. The minimum Gasteiger partial charge on any atom is -0.390 e. The number of nitrogens with zero attached hydrogens (tertiary/aromatic N) is 1. The monoisotopic (exact) mass is 273 g/mol. The molecule has 0 saturated carbocycles. The van der Waals surface area contributed by atoms with Crippen molar-refractivity contribution in [3.05, 3.63) is 34.6 Å². The van der Waals surface area contributed by atoms with Crippen molar-refractivity contribution < 1.29 is 14.2 Å². The number of hydrogen-bond acceptors (Lipinski definition) is 3. The molecule has 1 aromatic rings. The van der Waals surface area contributed by atoms with Crippen LogP contribution >= 0.6 is 11.6 Å². The van der Waals surface area contributed by atoms with E-state index in [0.29, 0.717) is 23.7 Å². The maximum atomic E-state index is 13.6. The van der Waals surface area contributed by atoms with E-state index in [4.69, 9.17) is 16.3 Å². The molecule has 1 heterocycles. The highest BCUT2D eigenvalue weighted by atomic mass is 35.5. The quantitative estimate of drug-likeness (QED) is 0.910. The van der Waals surface area contributed by atoms with Gasteiger partial charge in [-0.15, -0.1) is 0 Å². The molecule has 2 atom stereocenters. The summed E-state index contributed by atoms with van der Waals surface area (Å²) in [6.45, 7) is 2.12. The Labute approximate surface area is 111 Å². The van der Waals surface area contributed by atoms with Crippen molar-refractivity contribution in [3.63, 3.8) is 0 Å². The van der Waals surface area contributed by atoms with Gasteiger partial charge in [0.05, 0.1) is 18.8 Å². The van der Waals surface area contributed by atoms with Gasteiger partial charge in [0.2, 0.25) is 0 Å². The number of ether oxygens (including phenoxy) is 1. The van der Waals surface area contributed by atoms with Gasteiger partial charge in [-0.1, -0.05) is 17.7 Å². The van der Waals surface area contributed by atoms with E-state index in [2.05, 4.69) is 4.90 Å². The van der Waals surface area contributed by atoms with Crippen molar-refractivity contribution in [3.8, 4) is 0 Å². The van der Waals surface area contributed by atoms with E-state index in [9.17, 15) is 9.50 Å². The van der Waals surface area contributed by atoms with Gasteiger partial charge in [0, 0.05) is 24.5 Å². The van der Waals surface area contributed by atoms with Crippen molar-refractivity contribution in [2.75, 3.05) is 26.7 Å². The zero-order valence-corrected chi connectivity index (χ0v) is 11.0. The molecule has 0 aliphatic carbocycles. The molecule has 1 N–H and O–H groups in total. The van der Waals surface area contributed by atoms with Crippen LogP contribution in [0.1, 0.15) is 5.56 Å². The normalized spacial score (nSPS) is 23.0. The molecule has 18 heavy (non-hydrogen) atoms. The minimum absolute atomic E-state index is 0.238. The third kappa shape index (κ3) is 3.42. The van der Waals surface area contributed by atoms with Gasteiger partial charge in [0.1, 0.15) is 5.82 Å². The maximum Gasteiger partial charge on any atom is 0.127 e. The molecule has 0 amide bonds. The summed E-state index contributed by atoms with van der Waals surface area (Å²) in [7, 11) is 1.98. The minimum atomic E-state index is -0.705. The van der Waals surface area contributed by atoms with E-state index < -0.39 is 6.10 Å². The van der Waals surface area contributed by atoms with Gasteiger partial charge in [-0.25, -0.2) is 4.39 Å². The highest BCUT2D eigenvalue weighted by molar-refractivity contribution is 6.30. The summed E-state index contributed by atoms with van der Waals surface area (Å²) >= 11 is 5.69. The average molecular weight is 274 g/mol. The van der Waals surface area contributed by atoms with Gasteiger partial charge >= 0.3 is 0 Å². The van der Waals surface area contributed by atoms with Gasteiger partial charge in [-0.3, -0.25) is 0 Å². The zero-order valence-electron chi connectivity index (χ0n) is 10.3. The van der Waals surface area contributed by atoms with Crippen LogP contribution in [0.2, 0.25) is 5.02 Å². The van der Waals surface area contributed by atoms with E-state index in [0.717, 1.165) is 6.54 Å². The van der Waals surface area contributed by atoms with E-state index in [1.807, 2.05) is 7.05 Å². The van der Waals surface area contributed by atoms with Gasteiger partial charge in [0.15, 0.2) is 0 Å². The van der Waals surface area contributed by atoms with Gasteiger partial charge in [-0.05, 0) is 24.7 Å². The largest absolute Gasteiger partial charge is 0.390 e. The first-order valence-corrected chi connectivity index (χ1v) is 6.36. The number of rotatable bonds is 3. The highest BCUT2D eigenvalue weighted by Gasteiger charge is 2.25. The highest BCUT2D eigenvalue weighted by Crippen LogP contribution is 2.18. The molecule has 0 radical (unpaired) electrons. The Morgan fingerprint density at radius 2 is 2.39 bits per heavy atom. The second kappa shape index (κ2) is 5.97. The van der Waals surface area contributed by atoms with E-state index >= 15 is 0 Å². The lowest BCUT2D eigenvalue weighted by atomic mass is 10.0. The summed E-state index contributed by atoms with van der Waals surface area (Å²) in [5, 5.41) is 10.4. The van der Waals surface area contributed by atoms with Gasteiger partial charge < -0.3 is 14.7 Å². The zero-order chi connectivity index (χ0) is 13.1. The Kier molecular flexibility index (Phi) is 4.56. The van der Waals surface area contributed by atoms with E-state index in [1.165, 1.54) is 6.07 Å². The van der Waals surface area contributed by atoms with E-state index in [1.54, 1.807) is 12.1 Å². The third-order valence-corrected chi connectivity index (χ3v) is 3.40. The van der Waals surface area contributed by atoms with Crippen LogP contribution in [0.4, 0.5) is 4.39 Å². The van der Waals surface area contributed by atoms with Gasteiger partial charge in [-0.2, -0.15) is 0 Å². The Bertz CT molecular complexity index is 416.